The molecule has 0 bridgehead atoms. The van der Waals surface area contributed by atoms with Gasteiger partial charge in [-0.05, 0) is 25.1 Å². The maximum atomic E-state index is 9.14. The first-order valence-electron chi connectivity index (χ1n) is 6.95. The third kappa shape index (κ3) is 2.82. The van der Waals surface area contributed by atoms with Crippen molar-refractivity contribution in [2.45, 2.75) is 6.92 Å². The zero-order valence-corrected chi connectivity index (χ0v) is 12.4. The second-order valence-electron chi connectivity index (χ2n) is 4.60. The molecule has 0 saturated heterocycles. The molecule has 7 heteroatoms. The van der Waals surface area contributed by atoms with E-state index < -0.39 is 0 Å². The van der Waals surface area contributed by atoms with Gasteiger partial charge in [0.2, 0.25) is 11.8 Å². The number of ether oxygens (including phenoxy) is 1. The van der Waals surface area contributed by atoms with Gasteiger partial charge in [0.05, 0.1) is 12.3 Å². The van der Waals surface area contributed by atoms with Gasteiger partial charge in [-0.2, -0.15) is 5.26 Å². The molecule has 114 valence electrons. The number of nitrogen functional groups attached to an aromatic ring is 1. The third-order valence-corrected chi connectivity index (χ3v) is 3.07. The summed E-state index contributed by atoms with van der Waals surface area (Å²) in [5, 5.41) is 17.1. The molecule has 2 heterocycles. The van der Waals surface area contributed by atoms with Crippen molar-refractivity contribution >= 4 is 5.69 Å². The second kappa shape index (κ2) is 6.15. The second-order valence-corrected chi connectivity index (χ2v) is 4.60. The summed E-state index contributed by atoms with van der Waals surface area (Å²) < 4.78 is 11.0. The molecule has 3 aromatic rings. The maximum absolute atomic E-state index is 9.14. The van der Waals surface area contributed by atoms with Crippen LogP contribution >= 0.6 is 0 Å². The molecular formula is C16H13N5O2. The van der Waals surface area contributed by atoms with Crippen LogP contribution in [0.3, 0.4) is 0 Å². The molecular weight excluding hydrogens is 294 g/mol. The first-order chi connectivity index (χ1) is 11.2. The quantitative estimate of drug-likeness (QED) is 0.788. The van der Waals surface area contributed by atoms with Crippen LogP contribution in [0.1, 0.15) is 12.5 Å². The molecule has 0 atom stereocenters. The van der Waals surface area contributed by atoms with Crippen molar-refractivity contribution in [3.63, 3.8) is 0 Å². The minimum Gasteiger partial charge on any atom is -0.477 e. The smallest absolute Gasteiger partial charge is 0.266 e. The predicted octanol–water partition coefficient (Wildman–Crippen LogP) is 2.65. The average molecular weight is 307 g/mol. The van der Waals surface area contributed by atoms with E-state index in [0.29, 0.717) is 18.2 Å². The minimum atomic E-state index is 0.157. The fourth-order valence-electron chi connectivity index (χ4n) is 2.03. The van der Waals surface area contributed by atoms with Gasteiger partial charge >= 0.3 is 0 Å². The van der Waals surface area contributed by atoms with Crippen molar-refractivity contribution in [1.82, 2.24) is 15.2 Å². The van der Waals surface area contributed by atoms with Crippen molar-refractivity contribution in [1.29, 1.82) is 5.26 Å². The SMILES string of the molecule is CCOc1nc(-c2nnc(-c3ccccc3)o2)cc(N)c1C#N. The van der Waals surface area contributed by atoms with Crippen LogP contribution in [0.5, 0.6) is 5.88 Å². The molecule has 1 aromatic carbocycles. The molecule has 7 nitrogen and oxygen atoms in total. The number of anilines is 1. The molecule has 0 amide bonds. The summed E-state index contributed by atoms with van der Waals surface area (Å²) in [6, 6.07) is 12.9. The molecule has 0 radical (unpaired) electrons. The van der Waals surface area contributed by atoms with Crippen LogP contribution in [0.4, 0.5) is 5.69 Å². The number of hydrogen-bond donors (Lipinski definition) is 1. The van der Waals surface area contributed by atoms with Crippen molar-refractivity contribution in [2.75, 3.05) is 12.3 Å². The van der Waals surface area contributed by atoms with E-state index >= 15 is 0 Å². The molecule has 0 unspecified atom stereocenters. The van der Waals surface area contributed by atoms with Gasteiger partial charge in [-0.25, -0.2) is 4.98 Å². The lowest BCUT2D eigenvalue weighted by Gasteiger charge is -2.07. The monoisotopic (exact) mass is 307 g/mol. The highest BCUT2D eigenvalue weighted by atomic mass is 16.5. The Morgan fingerprint density at radius 1 is 1.22 bits per heavy atom. The Bertz CT molecular complexity index is 868. The fraction of sp³-hybridized carbons (Fsp3) is 0.125. The lowest BCUT2D eigenvalue weighted by atomic mass is 10.2. The Labute approximate surface area is 132 Å². The predicted molar refractivity (Wildman–Crippen MR) is 83.3 cm³/mol. The highest BCUT2D eigenvalue weighted by molar-refractivity contribution is 5.66. The zero-order chi connectivity index (χ0) is 16.2. The summed E-state index contributed by atoms with van der Waals surface area (Å²) >= 11 is 0. The zero-order valence-electron chi connectivity index (χ0n) is 12.4. The van der Waals surface area contributed by atoms with Crippen LogP contribution in [0.15, 0.2) is 40.8 Å². The molecule has 0 aliphatic carbocycles. The standard InChI is InChI=1S/C16H13N5O2/c1-2-22-15-11(9-17)12(18)8-13(19-15)16-21-20-14(23-16)10-6-4-3-5-7-10/h3-8H,2H2,1H3,(H2,18,19). The summed E-state index contributed by atoms with van der Waals surface area (Å²) in [6.07, 6.45) is 0. The Hall–Kier alpha value is -3.40. The van der Waals surface area contributed by atoms with Crippen LogP contribution in [0.2, 0.25) is 0 Å². The molecule has 0 aliphatic rings. The van der Waals surface area contributed by atoms with Crippen LogP contribution in [0.25, 0.3) is 23.0 Å². The first-order valence-corrected chi connectivity index (χ1v) is 6.95. The maximum Gasteiger partial charge on any atom is 0.266 e. The summed E-state index contributed by atoms with van der Waals surface area (Å²) in [4.78, 5) is 4.25. The topological polar surface area (TPSA) is 111 Å². The number of nitrogens with two attached hydrogens (primary N) is 1. The highest BCUT2D eigenvalue weighted by Crippen LogP contribution is 2.29. The Morgan fingerprint density at radius 2 is 1.96 bits per heavy atom. The summed E-state index contributed by atoms with van der Waals surface area (Å²) in [5.41, 5.74) is 7.49. The largest absolute Gasteiger partial charge is 0.477 e. The number of aromatic nitrogens is 3. The lowest BCUT2D eigenvalue weighted by Crippen LogP contribution is -2.02. The van der Waals surface area contributed by atoms with E-state index in [4.69, 9.17) is 20.1 Å². The molecule has 0 aliphatic heterocycles. The van der Waals surface area contributed by atoms with Crippen LogP contribution in [-0.2, 0) is 0 Å². The van der Waals surface area contributed by atoms with Gasteiger partial charge in [0.1, 0.15) is 17.3 Å². The molecule has 0 fully saturated rings. The van der Waals surface area contributed by atoms with Crippen LogP contribution in [-0.4, -0.2) is 21.8 Å². The summed E-state index contributed by atoms with van der Waals surface area (Å²) in [6.45, 7) is 2.16. The Kier molecular flexibility index (Phi) is 3.89. The third-order valence-electron chi connectivity index (χ3n) is 3.07. The van der Waals surface area contributed by atoms with E-state index in [9.17, 15) is 0 Å². The van der Waals surface area contributed by atoms with Gasteiger partial charge in [-0.15, -0.1) is 10.2 Å². The van der Waals surface area contributed by atoms with Crippen LogP contribution in [0, 0.1) is 11.3 Å². The van der Waals surface area contributed by atoms with Gasteiger partial charge < -0.3 is 14.9 Å². The van der Waals surface area contributed by atoms with E-state index in [1.54, 1.807) is 6.92 Å². The lowest BCUT2D eigenvalue weighted by molar-refractivity contribution is 0.326. The molecule has 3 rings (SSSR count). The van der Waals surface area contributed by atoms with E-state index in [-0.39, 0.29) is 23.0 Å². The van der Waals surface area contributed by atoms with Gasteiger partial charge in [-0.3, -0.25) is 0 Å². The van der Waals surface area contributed by atoms with Crippen LogP contribution < -0.4 is 10.5 Å². The molecule has 2 aromatic heterocycles. The molecule has 0 saturated carbocycles. The molecule has 2 N–H and O–H groups in total. The normalized spacial score (nSPS) is 10.3. The average Bonchev–Trinajstić information content (AvgIpc) is 3.06. The molecule has 0 spiro atoms. The van der Waals surface area contributed by atoms with E-state index in [2.05, 4.69) is 15.2 Å². The van der Waals surface area contributed by atoms with Gasteiger partial charge in [0.25, 0.3) is 5.89 Å². The summed E-state index contributed by atoms with van der Waals surface area (Å²) in [5.74, 6) is 0.744. The first kappa shape index (κ1) is 14.5. The van der Waals surface area contributed by atoms with Gasteiger partial charge in [0.15, 0.2) is 0 Å². The number of rotatable bonds is 4. The van der Waals surface area contributed by atoms with Crippen molar-refractivity contribution in [3.05, 3.63) is 42.0 Å². The van der Waals surface area contributed by atoms with E-state index in [1.807, 2.05) is 36.4 Å². The molecule has 23 heavy (non-hydrogen) atoms. The van der Waals surface area contributed by atoms with E-state index in [1.165, 1.54) is 6.07 Å². The number of nitrogens with zero attached hydrogens (tertiary/aromatic N) is 4. The van der Waals surface area contributed by atoms with E-state index in [0.717, 1.165) is 5.56 Å². The number of pyridine rings is 1. The minimum absolute atomic E-state index is 0.157. The number of nitriles is 1. The van der Waals surface area contributed by atoms with Crippen molar-refractivity contribution < 1.29 is 9.15 Å². The van der Waals surface area contributed by atoms with Gasteiger partial charge in [0, 0.05) is 5.56 Å². The Balaban J connectivity index is 2.03. The van der Waals surface area contributed by atoms with Crippen molar-refractivity contribution in [2.24, 2.45) is 0 Å². The van der Waals surface area contributed by atoms with Crippen molar-refractivity contribution in [3.8, 4) is 35.0 Å². The van der Waals surface area contributed by atoms with Gasteiger partial charge in [-0.1, -0.05) is 18.2 Å². The Morgan fingerprint density at radius 3 is 2.65 bits per heavy atom. The number of hydrogen-bond acceptors (Lipinski definition) is 7. The highest BCUT2D eigenvalue weighted by Gasteiger charge is 2.17. The fourth-order valence-corrected chi connectivity index (χ4v) is 2.03. The number of benzene rings is 1. The summed E-state index contributed by atoms with van der Waals surface area (Å²) in [7, 11) is 0.